The number of benzene rings is 1. The number of halogens is 2. The molecule has 0 saturated carbocycles. The number of anilines is 1. The molecule has 1 aromatic carbocycles. The van der Waals surface area contributed by atoms with E-state index in [9.17, 15) is 4.39 Å². The Morgan fingerprint density at radius 1 is 1.33 bits per heavy atom. The minimum atomic E-state index is -0.226. The first kappa shape index (κ1) is 10.4. The molecule has 15 heavy (non-hydrogen) atoms. The summed E-state index contributed by atoms with van der Waals surface area (Å²) in [6.07, 6.45) is 0. The van der Waals surface area contributed by atoms with Crippen LogP contribution in [-0.4, -0.2) is 4.98 Å². The van der Waals surface area contributed by atoms with Gasteiger partial charge in [0.15, 0.2) is 5.13 Å². The van der Waals surface area contributed by atoms with Gasteiger partial charge in [-0.15, -0.1) is 11.3 Å². The van der Waals surface area contributed by atoms with Gasteiger partial charge in [0.25, 0.3) is 0 Å². The first-order valence-electron chi connectivity index (χ1n) is 4.33. The predicted octanol–water partition coefficient (Wildman–Crippen LogP) is 3.55. The fourth-order valence-electron chi connectivity index (χ4n) is 1.12. The van der Waals surface area contributed by atoms with Gasteiger partial charge in [0.05, 0.1) is 0 Å². The molecule has 2 aromatic rings. The molecule has 1 aromatic heterocycles. The number of hydrogen-bond donors (Lipinski definition) is 1. The van der Waals surface area contributed by atoms with Gasteiger partial charge in [-0.25, -0.2) is 9.37 Å². The maximum Gasteiger partial charge on any atom is 0.184 e. The molecule has 0 amide bonds. The summed E-state index contributed by atoms with van der Waals surface area (Å²) in [5.74, 6) is -0.226. The summed E-state index contributed by atoms with van der Waals surface area (Å²) in [4.78, 5) is 4.04. The standard InChI is InChI=1S/C10H8ClFN2S/c11-9-6-15-10(14-9)13-5-7-1-3-8(12)4-2-7/h1-4,6H,5H2,(H,13,14). The molecular weight excluding hydrogens is 235 g/mol. The maximum absolute atomic E-state index is 12.6. The lowest BCUT2D eigenvalue weighted by molar-refractivity contribution is 0.627. The van der Waals surface area contributed by atoms with Gasteiger partial charge in [0.1, 0.15) is 11.0 Å². The third-order valence-corrected chi connectivity index (χ3v) is 2.96. The van der Waals surface area contributed by atoms with Crippen molar-refractivity contribution >= 4 is 28.1 Å². The Hall–Kier alpha value is -1.13. The predicted molar refractivity (Wildman–Crippen MR) is 60.9 cm³/mol. The molecule has 2 nitrogen and oxygen atoms in total. The summed E-state index contributed by atoms with van der Waals surface area (Å²) in [5, 5.41) is 6.12. The van der Waals surface area contributed by atoms with Crippen molar-refractivity contribution < 1.29 is 4.39 Å². The molecule has 5 heteroatoms. The van der Waals surface area contributed by atoms with Crippen LogP contribution in [0.25, 0.3) is 0 Å². The van der Waals surface area contributed by atoms with Gasteiger partial charge >= 0.3 is 0 Å². The van der Waals surface area contributed by atoms with E-state index >= 15 is 0 Å². The van der Waals surface area contributed by atoms with Crippen LogP contribution < -0.4 is 5.32 Å². The third-order valence-electron chi connectivity index (χ3n) is 1.83. The van der Waals surface area contributed by atoms with Gasteiger partial charge in [-0.05, 0) is 17.7 Å². The fraction of sp³-hybridized carbons (Fsp3) is 0.100. The van der Waals surface area contributed by atoms with E-state index in [-0.39, 0.29) is 5.82 Å². The number of thiazole rings is 1. The lowest BCUT2D eigenvalue weighted by Gasteiger charge is -2.01. The normalized spacial score (nSPS) is 10.3. The fourth-order valence-corrected chi connectivity index (χ4v) is 1.95. The first-order valence-corrected chi connectivity index (χ1v) is 5.59. The summed E-state index contributed by atoms with van der Waals surface area (Å²) >= 11 is 7.12. The molecule has 0 aliphatic carbocycles. The molecule has 0 aliphatic heterocycles. The second-order valence-corrected chi connectivity index (χ2v) is 4.20. The first-order chi connectivity index (χ1) is 7.24. The summed E-state index contributed by atoms with van der Waals surface area (Å²) in [6, 6.07) is 6.34. The molecule has 0 radical (unpaired) electrons. The Balaban J connectivity index is 1.96. The van der Waals surface area contributed by atoms with Crippen molar-refractivity contribution in [3.63, 3.8) is 0 Å². The summed E-state index contributed by atoms with van der Waals surface area (Å²) in [5.41, 5.74) is 1.00. The largest absolute Gasteiger partial charge is 0.357 e. The maximum atomic E-state index is 12.6. The average molecular weight is 243 g/mol. The van der Waals surface area contributed by atoms with Crippen molar-refractivity contribution in [1.82, 2.24) is 4.98 Å². The van der Waals surface area contributed by atoms with Crippen LogP contribution in [-0.2, 0) is 6.54 Å². The van der Waals surface area contributed by atoms with Crippen LogP contribution in [0.4, 0.5) is 9.52 Å². The van der Waals surface area contributed by atoms with E-state index in [2.05, 4.69) is 10.3 Å². The SMILES string of the molecule is Fc1ccc(CNc2nc(Cl)cs2)cc1. The van der Waals surface area contributed by atoms with Crippen molar-refractivity contribution in [3.05, 3.63) is 46.2 Å². The molecule has 0 aliphatic rings. The van der Waals surface area contributed by atoms with E-state index in [0.29, 0.717) is 11.7 Å². The van der Waals surface area contributed by atoms with E-state index < -0.39 is 0 Å². The van der Waals surface area contributed by atoms with Gasteiger partial charge in [0, 0.05) is 11.9 Å². The van der Waals surface area contributed by atoms with Crippen LogP contribution >= 0.6 is 22.9 Å². The molecule has 0 saturated heterocycles. The van der Waals surface area contributed by atoms with Crippen LogP contribution in [0.3, 0.4) is 0 Å². The van der Waals surface area contributed by atoms with Crippen LogP contribution in [0.2, 0.25) is 5.15 Å². The Bertz CT molecular complexity index is 441. The second kappa shape index (κ2) is 4.59. The number of hydrogen-bond acceptors (Lipinski definition) is 3. The number of rotatable bonds is 3. The van der Waals surface area contributed by atoms with Crippen molar-refractivity contribution in [1.29, 1.82) is 0 Å². The minimum Gasteiger partial charge on any atom is -0.357 e. The van der Waals surface area contributed by atoms with E-state index in [1.54, 1.807) is 17.5 Å². The molecule has 0 unspecified atom stereocenters. The van der Waals surface area contributed by atoms with E-state index in [1.807, 2.05) is 0 Å². The van der Waals surface area contributed by atoms with Crippen molar-refractivity contribution in [2.75, 3.05) is 5.32 Å². The summed E-state index contributed by atoms with van der Waals surface area (Å²) in [6.45, 7) is 0.615. The summed E-state index contributed by atoms with van der Waals surface area (Å²) < 4.78 is 12.6. The lowest BCUT2D eigenvalue weighted by Crippen LogP contribution is -1.98. The molecular formula is C10H8ClFN2S. The molecule has 0 spiro atoms. The molecule has 2 rings (SSSR count). The Labute approximate surface area is 95.7 Å². The number of nitrogens with one attached hydrogen (secondary N) is 1. The Kier molecular flexibility index (Phi) is 3.18. The molecule has 0 bridgehead atoms. The summed E-state index contributed by atoms with van der Waals surface area (Å²) in [7, 11) is 0. The van der Waals surface area contributed by atoms with Crippen molar-refractivity contribution in [2.24, 2.45) is 0 Å². The zero-order valence-electron chi connectivity index (χ0n) is 7.71. The zero-order valence-corrected chi connectivity index (χ0v) is 9.28. The van der Waals surface area contributed by atoms with Crippen LogP contribution in [0.5, 0.6) is 0 Å². The second-order valence-electron chi connectivity index (χ2n) is 2.96. The van der Waals surface area contributed by atoms with Crippen LogP contribution in [0.15, 0.2) is 29.6 Å². The lowest BCUT2D eigenvalue weighted by atomic mass is 10.2. The van der Waals surface area contributed by atoms with E-state index in [4.69, 9.17) is 11.6 Å². The van der Waals surface area contributed by atoms with Gasteiger partial charge in [-0.1, -0.05) is 23.7 Å². The van der Waals surface area contributed by atoms with Gasteiger partial charge in [-0.2, -0.15) is 0 Å². The highest BCUT2D eigenvalue weighted by Crippen LogP contribution is 2.19. The highest BCUT2D eigenvalue weighted by molar-refractivity contribution is 7.14. The minimum absolute atomic E-state index is 0.226. The Morgan fingerprint density at radius 2 is 2.07 bits per heavy atom. The monoisotopic (exact) mass is 242 g/mol. The number of nitrogens with zero attached hydrogens (tertiary/aromatic N) is 1. The van der Waals surface area contributed by atoms with Crippen molar-refractivity contribution in [3.8, 4) is 0 Å². The quantitative estimate of drug-likeness (QED) is 0.891. The zero-order chi connectivity index (χ0) is 10.7. The van der Waals surface area contributed by atoms with E-state index in [0.717, 1.165) is 10.7 Å². The van der Waals surface area contributed by atoms with Crippen LogP contribution in [0.1, 0.15) is 5.56 Å². The number of aromatic nitrogens is 1. The van der Waals surface area contributed by atoms with Gasteiger partial charge < -0.3 is 5.32 Å². The Morgan fingerprint density at radius 3 is 2.67 bits per heavy atom. The third kappa shape index (κ3) is 2.91. The van der Waals surface area contributed by atoms with Crippen LogP contribution in [0, 0.1) is 5.82 Å². The molecule has 1 heterocycles. The smallest absolute Gasteiger partial charge is 0.184 e. The molecule has 0 atom stereocenters. The molecule has 1 N–H and O–H groups in total. The van der Waals surface area contributed by atoms with E-state index in [1.165, 1.54) is 23.5 Å². The van der Waals surface area contributed by atoms with Crippen molar-refractivity contribution in [2.45, 2.75) is 6.54 Å². The molecule has 0 fully saturated rings. The average Bonchev–Trinajstić information content (AvgIpc) is 2.64. The topological polar surface area (TPSA) is 24.9 Å². The van der Waals surface area contributed by atoms with Gasteiger partial charge in [-0.3, -0.25) is 0 Å². The van der Waals surface area contributed by atoms with Gasteiger partial charge in [0.2, 0.25) is 0 Å². The molecule has 78 valence electrons. The highest BCUT2D eigenvalue weighted by Gasteiger charge is 1.99. The highest BCUT2D eigenvalue weighted by atomic mass is 35.5.